The Kier molecular flexibility index (Phi) is 5.26. The molecule has 112 valence electrons. The summed E-state index contributed by atoms with van der Waals surface area (Å²) in [6.45, 7) is 4.65. The fourth-order valence-electron chi connectivity index (χ4n) is 2.28. The number of benzene rings is 2. The van der Waals surface area contributed by atoms with Crippen LogP contribution in [0.1, 0.15) is 29.7 Å². The van der Waals surface area contributed by atoms with Crippen LogP contribution in [0.15, 0.2) is 40.9 Å². The van der Waals surface area contributed by atoms with Crippen LogP contribution in [0.4, 0.5) is 0 Å². The fourth-order valence-corrected chi connectivity index (χ4v) is 2.89. The summed E-state index contributed by atoms with van der Waals surface area (Å²) in [6, 6.07) is 11.6. The maximum Gasteiger partial charge on any atom is 0.123 e. The van der Waals surface area contributed by atoms with Crippen LogP contribution in [0, 0.1) is 6.92 Å². The summed E-state index contributed by atoms with van der Waals surface area (Å²) in [4.78, 5) is 0. The zero-order chi connectivity index (χ0) is 15.4. The topological polar surface area (TPSA) is 44.5 Å². The minimum atomic E-state index is -0.259. The maximum absolute atomic E-state index is 6.44. The Hall–Kier alpha value is -1.52. The zero-order valence-corrected chi connectivity index (χ0v) is 14.1. The third-order valence-corrected chi connectivity index (χ3v) is 4.03. The highest BCUT2D eigenvalue weighted by Gasteiger charge is 2.17. The lowest BCUT2D eigenvalue weighted by atomic mass is 9.97. The van der Waals surface area contributed by atoms with Crippen molar-refractivity contribution in [2.75, 3.05) is 13.7 Å². The van der Waals surface area contributed by atoms with Gasteiger partial charge in [-0.2, -0.15) is 0 Å². The Morgan fingerprint density at radius 1 is 1.14 bits per heavy atom. The van der Waals surface area contributed by atoms with E-state index in [1.54, 1.807) is 7.11 Å². The quantitative estimate of drug-likeness (QED) is 0.878. The van der Waals surface area contributed by atoms with E-state index in [1.165, 1.54) is 0 Å². The van der Waals surface area contributed by atoms with Crippen molar-refractivity contribution in [3.05, 3.63) is 57.6 Å². The van der Waals surface area contributed by atoms with Gasteiger partial charge in [-0.15, -0.1) is 0 Å². The van der Waals surface area contributed by atoms with Gasteiger partial charge in [-0.05, 0) is 37.6 Å². The Bertz CT molecular complexity index is 628. The molecule has 21 heavy (non-hydrogen) atoms. The second-order valence-corrected chi connectivity index (χ2v) is 5.69. The van der Waals surface area contributed by atoms with Crippen LogP contribution in [-0.4, -0.2) is 13.7 Å². The van der Waals surface area contributed by atoms with Gasteiger partial charge in [0.25, 0.3) is 0 Å². The van der Waals surface area contributed by atoms with E-state index in [4.69, 9.17) is 15.2 Å². The van der Waals surface area contributed by atoms with E-state index in [-0.39, 0.29) is 6.04 Å². The summed E-state index contributed by atoms with van der Waals surface area (Å²) in [5, 5.41) is 0. The molecule has 2 aromatic rings. The van der Waals surface area contributed by atoms with Crippen molar-refractivity contribution >= 4 is 15.9 Å². The summed E-state index contributed by atoms with van der Waals surface area (Å²) in [5.74, 6) is 1.63. The third-order valence-electron chi connectivity index (χ3n) is 3.34. The van der Waals surface area contributed by atoms with Crippen LogP contribution >= 0.6 is 15.9 Å². The Morgan fingerprint density at radius 2 is 1.90 bits per heavy atom. The van der Waals surface area contributed by atoms with Crippen molar-refractivity contribution in [2.24, 2.45) is 5.73 Å². The van der Waals surface area contributed by atoms with Gasteiger partial charge in [-0.1, -0.05) is 39.7 Å². The third kappa shape index (κ3) is 3.57. The molecule has 0 saturated carbocycles. The summed E-state index contributed by atoms with van der Waals surface area (Å²) in [5.41, 5.74) is 9.57. The number of aryl methyl sites for hydroxylation is 1. The van der Waals surface area contributed by atoms with Gasteiger partial charge in [0.15, 0.2) is 0 Å². The van der Waals surface area contributed by atoms with Crippen LogP contribution in [-0.2, 0) is 0 Å². The molecule has 0 aromatic heterocycles. The number of methoxy groups -OCH3 is 1. The highest BCUT2D eigenvalue weighted by atomic mass is 79.9. The van der Waals surface area contributed by atoms with Crippen LogP contribution < -0.4 is 15.2 Å². The lowest BCUT2D eigenvalue weighted by Gasteiger charge is -2.18. The number of ether oxygens (including phenoxy) is 2. The van der Waals surface area contributed by atoms with Crippen LogP contribution in [0.2, 0.25) is 0 Å². The fraction of sp³-hybridized carbons (Fsp3) is 0.294. The van der Waals surface area contributed by atoms with E-state index in [0.717, 1.165) is 32.7 Å². The molecule has 0 heterocycles. The first-order valence-corrected chi connectivity index (χ1v) is 7.68. The SMILES string of the molecule is CCOc1ccc(C(N)c2cc(C)ccc2OC)c(Br)c1. The molecule has 1 atom stereocenters. The van der Waals surface area contributed by atoms with E-state index in [1.807, 2.05) is 44.2 Å². The molecule has 0 spiro atoms. The molecule has 1 unspecified atom stereocenters. The second kappa shape index (κ2) is 6.96. The largest absolute Gasteiger partial charge is 0.496 e. The van der Waals surface area contributed by atoms with Gasteiger partial charge in [-0.3, -0.25) is 0 Å². The average molecular weight is 350 g/mol. The first-order valence-electron chi connectivity index (χ1n) is 6.89. The number of halogens is 1. The molecule has 4 heteroatoms. The maximum atomic E-state index is 6.44. The van der Waals surface area contributed by atoms with Crippen molar-refractivity contribution < 1.29 is 9.47 Å². The van der Waals surface area contributed by atoms with Crippen LogP contribution in [0.3, 0.4) is 0 Å². The molecule has 0 aliphatic carbocycles. The molecule has 0 fully saturated rings. The molecule has 2 rings (SSSR count). The second-order valence-electron chi connectivity index (χ2n) is 4.84. The normalized spacial score (nSPS) is 12.0. The van der Waals surface area contributed by atoms with E-state index >= 15 is 0 Å². The molecule has 2 aromatic carbocycles. The van der Waals surface area contributed by atoms with Gasteiger partial charge in [0.1, 0.15) is 11.5 Å². The Morgan fingerprint density at radius 3 is 2.52 bits per heavy atom. The van der Waals surface area contributed by atoms with Gasteiger partial charge in [0, 0.05) is 10.0 Å². The van der Waals surface area contributed by atoms with E-state index < -0.39 is 0 Å². The van der Waals surface area contributed by atoms with Gasteiger partial charge in [-0.25, -0.2) is 0 Å². The molecule has 0 bridgehead atoms. The predicted octanol–water partition coefficient (Wildman–Crippen LogP) is 4.21. The molecule has 0 saturated heterocycles. The molecule has 0 radical (unpaired) electrons. The number of hydrogen-bond acceptors (Lipinski definition) is 3. The molecule has 0 aliphatic rings. The lowest BCUT2D eigenvalue weighted by molar-refractivity contribution is 0.340. The zero-order valence-electron chi connectivity index (χ0n) is 12.5. The first kappa shape index (κ1) is 15.9. The smallest absolute Gasteiger partial charge is 0.123 e. The number of nitrogens with two attached hydrogens (primary N) is 1. The van der Waals surface area contributed by atoms with E-state index in [9.17, 15) is 0 Å². The standard InChI is InChI=1S/C17H20BrNO2/c1-4-21-12-6-7-13(15(18)10-12)17(19)14-9-11(2)5-8-16(14)20-3/h5-10,17H,4,19H2,1-3H3. The predicted molar refractivity (Wildman–Crippen MR) is 89.1 cm³/mol. The molecule has 3 nitrogen and oxygen atoms in total. The minimum Gasteiger partial charge on any atom is -0.496 e. The van der Waals surface area contributed by atoms with Crippen molar-refractivity contribution in [3.63, 3.8) is 0 Å². The minimum absolute atomic E-state index is 0.259. The van der Waals surface area contributed by atoms with Gasteiger partial charge < -0.3 is 15.2 Å². The van der Waals surface area contributed by atoms with Crippen LogP contribution in [0.5, 0.6) is 11.5 Å². The molecule has 0 amide bonds. The van der Waals surface area contributed by atoms with Crippen LogP contribution in [0.25, 0.3) is 0 Å². The first-order chi connectivity index (χ1) is 10.1. The summed E-state index contributed by atoms with van der Waals surface area (Å²) in [6.07, 6.45) is 0. The number of rotatable bonds is 5. The van der Waals surface area contributed by atoms with E-state index in [0.29, 0.717) is 6.61 Å². The number of hydrogen-bond donors (Lipinski definition) is 1. The van der Waals surface area contributed by atoms with Crippen molar-refractivity contribution in [2.45, 2.75) is 19.9 Å². The molecular formula is C17H20BrNO2. The van der Waals surface area contributed by atoms with E-state index in [2.05, 4.69) is 22.0 Å². The Labute approximate surface area is 134 Å². The summed E-state index contributed by atoms with van der Waals surface area (Å²) in [7, 11) is 1.66. The summed E-state index contributed by atoms with van der Waals surface area (Å²) >= 11 is 3.58. The average Bonchev–Trinajstić information content (AvgIpc) is 2.47. The van der Waals surface area contributed by atoms with Gasteiger partial charge in [0.05, 0.1) is 19.8 Å². The summed E-state index contributed by atoms with van der Waals surface area (Å²) < 4.78 is 11.9. The Balaban J connectivity index is 2.40. The van der Waals surface area contributed by atoms with Gasteiger partial charge in [0.2, 0.25) is 0 Å². The monoisotopic (exact) mass is 349 g/mol. The van der Waals surface area contributed by atoms with Crippen molar-refractivity contribution in [3.8, 4) is 11.5 Å². The molecule has 0 aliphatic heterocycles. The lowest BCUT2D eigenvalue weighted by Crippen LogP contribution is -2.14. The molecule has 2 N–H and O–H groups in total. The van der Waals surface area contributed by atoms with Crippen molar-refractivity contribution in [1.82, 2.24) is 0 Å². The van der Waals surface area contributed by atoms with Gasteiger partial charge >= 0.3 is 0 Å². The molecular weight excluding hydrogens is 330 g/mol. The highest BCUT2D eigenvalue weighted by Crippen LogP contribution is 2.34. The van der Waals surface area contributed by atoms with Crippen molar-refractivity contribution in [1.29, 1.82) is 0 Å². The highest BCUT2D eigenvalue weighted by molar-refractivity contribution is 9.10.